The third-order valence-electron chi connectivity index (χ3n) is 4.85. The van der Waals surface area contributed by atoms with Crippen molar-refractivity contribution < 1.29 is 50.4 Å². The first-order valence-corrected chi connectivity index (χ1v) is 42.3. The SMILES string of the molecule is CO[Si@]1(P=N)O[Si]2(P=N)O[Si](O)(P=N)O[Si]3(P=N)O[Si](O[Si](C)(C)O[Si](C)(C)C)(P=N)O[Si@](P=N)(C[Si@](P=N)(O3)O2)O1. The van der Waals surface area contributed by atoms with Gasteiger partial charge in [-0.15, -0.1) is 0 Å². The Balaban J connectivity index is 2.42. The second kappa shape index (κ2) is 13.6. The van der Waals surface area contributed by atoms with E-state index in [2.05, 4.69) is 0 Å². The Kier molecular flexibility index (Phi) is 12.5. The average Bonchev–Trinajstić information content (AvgIpc) is 2.88. The predicted molar refractivity (Wildman–Crippen MR) is 173 cm³/mol. The van der Waals surface area contributed by atoms with Gasteiger partial charge >= 0.3 is 67.4 Å². The summed E-state index contributed by atoms with van der Waals surface area (Å²) in [4.78, 5) is 11.5. The van der Waals surface area contributed by atoms with Gasteiger partial charge in [-0.05, 0) is 32.7 Å². The van der Waals surface area contributed by atoms with Crippen molar-refractivity contribution in [1.82, 2.24) is 0 Å². The molecule has 0 aliphatic carbocycles. The summed E-state index contributed by atoms with van der Waals surface area (Å²) in [6.07, 6.45) is 0. The number of nitrogens with one attached hydrogen (secondary N) is 7. The van der Waals surface area contributed by atoms with Crippen molar-refractivity contribution in [3.8, 4) is 0 Å². The summed E-state index contributed by atoms with van der Waals surface area (Å²) in [5, 5.41) is 58.8. The zero-order valence-electron chi connectivity index (χ0n) is 22.8. The van der Waals surface area contributed by atoms with Gasteiger partial charge in [-0.1, -0.05) is 0 Å². The van der Waals surface area contributed by atoms with Gasteiger partial charge in [-0.2, -0.15) is 0 Å². The topological polar surface area (TPSA) is 289 Å². The molecule has 3 aliphatic heterocycles. The molecule has 3 aliphatic rings. The zero-order valence-corrected chi connectivity index (χ0v) is 38.0. The summed E-state index contributed by atoms with van der Waals surface area (Å²) in [6, 6.07) is 0. The first-order chi connectivity index (χ1) is 19.3. The van der Waals surface area contributed by atoms with Crippen LogP contribution in [0.3, 0.4) is 0 Å². The van der Waals surface area contributed by atoms with Crippen molar-refractivity contribution in [3.05, 3.63) is 0 Å². The Morgan fingerprint density at radius 2 is 1.05 bits per heavy atom. The lowest BCUT2D eigenvalue weighted by Crippen LogP contribution is -2.76. The highest BCUT2D eigenvalue weighted by Gasteiger charge is 2.78. The summed E-state index contributed by atoms with van der Waals surface area (Å²) >= 11 is 0. The van der Waals surface area contributed by atoms with E-state index in [1.807, 2.05) is 19.6 Å². The Hall–Kier alpha value is 2.17. The number of hydrogen-bond acceptors (Lipinski definition) is 19. The van der Waals surface area contributed by atoms with E-state index < -0.39 is 99.5 Å². The second-order valence-corrected chi connectivity index (χ2v) is 53.5. The molecule has 0 radical (unpaired) electrons. The van der Waals surface area contributed by atoms with E-state index in [4.69, 9.17) is 81.7 Å². The lowest BCUT2D eigenvalue weighted by molar-refractivity contribution is 0.0955. The van der Waals surface area contributed by atoms with Crippen molar-refractivity contribution in [2.45, 2.75) is 38.4 Å². The molecule has 234 valence electrons. The van der Waals surface area contributed by atoms with Crippen molar-refractivity contribution in [2.24, 2.45) is 0 Å². The molecular formula is C7H28N7O12P7Si9. The average molecular weight is 872 g/mol. The maximum atomic E-state index is 11.5. The fourth-order valence-corrected chi connectivity index (χ4v) is 81.1. The third-order valence-corrected chi connectivity index (χ3v) is 59.5. The zero-order chi connectivity index (χ0) is 31.9. The minimum absolute atomic E-state index is 0.224. The van der Waals surface area contributed by atoms with E-state index >= 15 is 0 Å². The van der Waals surface area contributed by atoms with Crippen LogP contribution >= 0.6 is 55.4 Å². The summed E-state index contributed by atoms with van der Waals surface area (Å²) in [7, 11) is -37.7. The van der Waals surface area contributed by atoms with Gasteiger partial charge in [0.1, 0.15) is 0 Å². The van der Waals surface area contributed by atoms with E-state index in [0.29, 0.717) is 0 Å². The fraction of sp³-hybridized carbons (Fsp3) is 1.00. The van der Waals surface area contributed by atoms with Crippen molar-refractivity contribution in [2.75, 3.05) is 7.11 Å². The molecule has 0 saturated carbocycles. The first-order valence-electron chi connectivity index (χ1n) is 11.3. The molecule has 19 nitrogen and oxygen atoms in total. The van der Waals surface area contributed by atoms with Gasteiger partial charge in [0.2, 0.25) is 0 Å². The van der Waals surface area contributed by atoms with E-state index in [9.17, 15) is 4.80 Å². The van der Waals surface area contributed by atoms with Crippen LogP contribution in [0.4, 0.5) is 0 Å². The van der Waals surface area contributed by atoms with E-state index in [1.165, 1.54) is 7.11 Å². The highest BCUT2D eigenvalue weighted by atomic mass is 31.4. The standard InChI is InChI=1S/C7H28N7O12P7Si9/c1-16-39(30-11)19-36(27-8)7-37(28-9)21-41(25-39,32-13)23-38(15,29-10)24-42(22-37,33-14)26-40(20-36,31-12)18-35(5,6)17-34(2,3)4/h8-15H,7H2,1-6H3/t36-,37+,38?,39+,40?,41?,42?/m0/s1. The molecule has 7 atom stereocenters. The van der Waals surface area contributed by atoms with E-state index in [1.54, 1.807) is 13.1 Å². The third kappa shape index (κ3) is 8.41. The molecular weight excluding hydrogens is 844 g/mol. The molecule has 3 heterocycles. The van der Waals surface area contributed by atoms with Gasteiger partial charge in [0.25, 0.3) is 0 Å². The number of rotatable bonds is 12. The molecule has 3 fully saturated rings. The molecule has 8 N–H and O–H groups in total. The van der Waals surface area contributed by atoms with Crippen LogP contribution in [0, 0.1) is 36.1 Å². The van der Waals surface area contributed by atoms with Gasteiger partial charge in [-0.25, -0.2) is 0 Å². The van der Waals surface area contributed by atoms with Gasteiger partial charge in [0, 0.05) is 23.0 Å². The molecule has 3 saturated heterocycles. The smallest absolute Gasteiger partial charge is 0.437 e. The molecule has 4 bridgehead atoms. The highest BCUT2D eigenvalue weighted by Crippen LogP contribution is 2.56. The van der Waals surface area contributed by atoms with Crippen LogP contribution in [-0.2, 0) is 45.6 Å². The second-order valence-electron chi connectivity index (χ2n) is 9.77. The van der Waals surface area contributed by atoms with E-state index in [-0.39, 0.29) is 37.3 Å². The summed E-state index contributed by atoms with van der Waals surface area (Å²) in [5.74, 6) is 0. The fourth-order valence-electron chi connectivity index (χ4n) is 3.83. The Bertz CT molecular complexity index is 1190. The monoisotopic (exact) mass is 871 g/mol. The van der Waals surface area contributed by atoms with Crippen molar-refractivity contribution in [1.29, 1.82) is 36.1 Å². The molecule has 35 heteroatoms. The highest BCUT2D eigenvalue weighted by molar-refractivity contribution is 7.85. The van der Waals surface area contributed by atoms with Crippen LogP contribution < -0.4 is 0 Å². The molecule has 0 amide bonds. The van der Waals surface area contributed by atoms with Gasteiger partial charge in [0.15, 0.2) is 8.32 Å². The summed E-state index contributed by atoms with van der Waals surface area (Å²) in [6.45, 7) is 9.35. The molecule has 0 spiro atoms. The number of fused-ring (bicyclic) bond motifs is 3. The van der Waals surface area contributed by atoms with Crippen LogP contribution in [-0.4, -0.2) is 87.6 Å². The van der Waals surface area contributed by atoms with Crippen LogP contribution in [0.25, 0.3) is 0 Å². The molecule has 0 aromatic carbocycles. The van der Waals surface area contributed by atoms with Crippen LogP contribution in [0.15, 0.2) is 0 Å². The maximum absolute atomic E-state index is 11.5. The lowest BCUT2D eigenvalue weighted by Gasteiger charge is -2.52. The summed E-state index contributed by atoms with van der Waals surface area (Å²) < 4.78 is 68.9. The van der Waals surface area contributed by atoms with Gasteiger partial charge in [-0.3, -0.25) is 36.1 Å². The lowest BCUT2D eigenvalue weighted by atomic mass is 11.8. The molecule has 0 aromatic heterocycles. The molecule has 3 rings (SSSR count). The molecule has 4 unspecified atom stereocenters. The van der Waals surface area contributed by atoms with Crippen LogP contribution in [0.2, 0.25) is 38.4 Å². The normalized spacial score (nSPS) is 43.8. The van der Waals surface area contributed by atoms with Crippen molar-refractivity contribution in [3.63, 3.8) is 0 Å². The first kappa shape index (κ1) is 38.6. The predicted octanol–water partition coefficient (Wildman–Crippen LogP) is 6.92. The largest absolute Gasteiger partial charge is 0.564 e. The minimum atomic E-state index is -4.79. The Labute approximate surface area is 261 Å². The molecule has 42 heavy (non-hydrogen) atoms. The van der Waals surface area contributed by atoms with Crippen molar-refractivity contribution >= 4 is 131 Å². The molecule has 0 aromatic rings. The number of hydrogen-bond donors (Lipinski definition) is 8. The maximum Gasteiger partial charge on any atom is 0.564 e. The summed E-state index contributed by atoms with van der Waals surface area (Å²) in [5.41, 5.74) is -0.319. The minimum Gasteiger partial charge on any atom is -0.437 e. The Morgan fingerprint density at radius 3 is 1.43 bits per heavy atom. The van der Waals surface area contributed by atoms with Gasteiger partial charge < -0.3 is 50.4 Å². The Morgan fingerprint density at radius 1 is 0.595 bits per heavy atom. The van der Waals surface area contributed by atoms with Crippen LogP contribution in [0.5, 0.6) is 0 Å². The van der Waals surface area contributed by atoms with Gasteiger partial charge in [0.05, 0.1) is 45.3 Å². The van der Waals surface area contributed by atoms with Crippen LogP contribution in [0.1, 0.15) is 0 Å². The van der Waals surface area contributed by atoms with E-state index in [0.717, 1.165) is 0 Å². The quantitative estimate of drug-likeness (QED) is 0.0732.